The second-order valence-electron chi connectivity index (χ2n) is 3.26. The molecule has 3 N–H and O–H groups in total. The number of nitrogens with zero attached hydrogens (tertiary/aromatic N) is 1. The third kappa shape index (κ3) is 7.47. The van der Waals surface area contributed by atoms with Crippen molar-refractivity contribution in [3.63, 3.8) is 0 Å². The van der Waals surface area contributed by atoms with Gasteiger partial charge in [0, 0.05) is 5.71 Å². The Bertz CT molecular complexity index is 175. The van der Waals surface area contributed by atoms with Crippen molar-refractivity contribution in [1.29, 1.82) is 0 Å². The summed E-state index contributed by atoms with van der Waals surface area (Å²) < 4.78 is 0. The van der Waals surface area contributed by atoms with Crippen LogP contribution in [0, 0.1) is 5.92 Å². The van der Waals surface area contributed by atoms with Crippen molar-refractivity contribution in [2.45, 2.75) is 33.6 Å². The number of rotatable bonds is 4. The zero-order valence-electron chi connectivity index (χ0n) is 7.92. The fraction of sp³-hybridized carbons (Fsp3) is 0.750. The summed E-state index contributed by atoms with van der Waals surface area (Å²) in [6, 6.07) is 0. The normalized spacial score (nSPS) is 11.8. The van der Waals surface area contributed by atoms with E-state index in [1.165, 1.54) is 0 Å². The average Bonchev–Trinajstić information content (AvgIpc) is 1.96. The lowest BCUT2D eigenvalue weighted by atomic mass is 10.1. The van der Waals surface area contributed by atoms with E-state index >= 15 is 0 Å². The Morgan fingerprint density at radius 2 is 2.17 bits per heavy atom. The largest absolute Gasteiger partial charge is 0.375 e. The van der Waals surface area contributed by atoms with Gasteiger partial charge in [-0.1, -0.05) is 13.8 Å². The van der Waals surface area contributed by atoms with E-state index in [1.807, 2.05) is 6.92 Å². The first kappa shape index (κ1) is 11.4. The first-order chi connectivity index (χ1) is 5.52. The Kier molecular flexibility index (Phi) is 5.62. The second kappa shape index (κ2) is 5.94. The quantitative estimate of drug-likeness (QED) is 0.399. The van der Waals surface area contributed by atoms with E-state index < -0.39 is 0 Å². The van der Waals surface area contributed by atoms with Crippen molar-refractivity contribution in [3.8, 4) is 0 Å². The summed E-state index contributed by atoms with van der Waals surface area (Å²) in [5.74, 6) is 0.708. The molecule has 3 nitrogen and oxygen atoms in total. The van der Waals surface area contributed by atoms with Crippen LogP contribution < -0.4 is 11.2 Å². The summed E-state index contributed by atoms with van der Waals surface area (Å²) in [5, 5.41) is 4.22. The van der Waals surface area contributed by atoms with Crippen molar-refractivity contribution in [1.82, 2.24) is 5.43 Å². The molecule has 0 amide bonds. The first-order valence-electron chi connectivity index (χ1n) is 4.11. The van der Waals surface area contributed by atoms with E-state index in [0.29, 0.717) is 5.92 Å². The van der Waals surface area contributed by atoms with Gasteiger partial charge in [0.05, 0.1) is 0 Å². The highest BCUT2D eigenvalue weighted by molar-refractivity contribution is 7.80. The molecule has 0 aliphatic rings. The molecule has 0 aliphatic heterocycles. The van der Waals surface area contributed by atoms with E-state index in [-0.39, 0.29) is 5.11 Å². The minimum Gasteiger partial charge on any atom is -0.375 e. The molecule has 0 aliphatic carbocycles. The molecule has 0 bridgehead atoms. The van der Waals surface area contributed by atoms with Gasteiger partial charge < -0.3 is 5.73 Å². The van der Waals surface area contributed by atoms with Gasteiger partial charge >= 0.3 is 0 Å². The summed E-state index contributed by atoms with van der Waals surface area (Å²) in [6.45, 7) is 6.34. The molecule has 0 fully saturated rings. The highest BCUT2D eigenvalue weighted by Crippen LogP contribution is 2.03. The number of hydrogen-bond acceptors (Lipinski definition) is 2. The van der Waals surface area contributed by atoms with Gasteiger partial charge in [-0.05, 0) is 37.9 Å². The Balaban J connectivity index is 3.63. The fourth-order valence-electron chi connectivity index (χ4n) is 0.704. The number of nitrogens with two attached hydrogens (primary N) is 1. The zero-order valence-corrected chi connectivity index (χ0v) is 8.74. The lowest BCUT2D eigenvalue weighted by Gasteiger charge is -2.03. The van der Waals surface area contributed by atoms with E-state index in [9.17, 15) is 0 Å². The molecule has 0 atom stereocenters. The van der Waals surface area contributed by atoms with Crippen LogP contribution in [0.1, 0.15) is 33.6 Å². The third-order valence-electron chi connectivity index (χ3n) is 1.44. The van der Waals surface area contributed by atoms with Crippen LogP contribution in [0.25, 0.3) is 0 Å². The van der Waals surface area contributed by atoms with E-state index in [2.05, 4.69) is 36.6 Å². The predicted molar refractivity (Wildman–Crippen MR) is 57.1 cm³/mol. The van der Waals surface area contributed by atoms with Crippen LogP contribution in [0.4, 0.5) is 0 Å². The van der Waals surface area contributed by atoms with Crippen LogP contribution in [0.15, 0.2) is 5.10 Å². The maximum absolute atomic E-state index is 5.21. The number of hydrogen-bond donors (Lipinski definition) is 2. The lowest BCUT2D eigenvalue weighted by molar-refractivity contribution is 0.602. The maximum Gasteiger partial charge on any atom is 0.184 e. The fourth-order valence-corrected chi connectivity index (χ4v) is 0.750. The van der Waals surface area contributed by atoms with Gasteiger partial charge in [0.1, 0.15) is 0 Å². The van der Waals surface area contributed by atoms with Gasteiger partial charge in [0.15, 0.2) is 5.11 Å². The van der Waals surface area contributed by atoms with Crippen LogP contribution in [0.5, 0.6) is 0 Å². The third-order valence-corrected chi connectivity index (χ3v) is 1.53. The average molecular weight is 187 g/mol. The monoisotopic (exact) mass is 187 g/mol. The highest BCUT2D eigenvalue weighted by Gasteiger charge is 1.96. The van der Waals surface area contributed by atoms with Crippen molar-refractivity contribution in [3.05, 3.63) is 0 Å². The summed E-state index contributed by atoms with van der Waals surface area (Å²) >= 11 is 4.61. The van der Waals surface area contributed by atoms with Crippen LogP contribution >= 0.6 is 12.2 Å². The summed E-state index contributed by atoms with van der Waals surface area (Å²) in [6.07, 6.45) is 2.14. The topological polar surface area (TPSA) is 50.4 Å². The number of hydrazone groups is 1. The molecule has 70 valence electrons. The second-order valence-corrected chi connectivity index (χ2v) is 3.70. The first-order valence-corrected chi connectivity index (χ1v) is 4.51. The molecule has 0 saturated carbocycles. The summed E-state index contributed by atoms with van der Waals surface area (Å²) in [5.41, 5.74) is 8.81. The highest BCUT2D eigenvalue weighted by atomic mass is 32.1. The molecule has 0 rings (SSSR count). The molecule has 12 heavy (non-hydrogen) atoms. The molecule has 0 aromatic carbocycles. The van der Waals surface area contributed by atoms with Crippen LogP contribution in [0.3, 0.4) is 0 Å². The molecule has 0 aromatic rings. The van der Waals surface area contributed by atoms with Gasteiger partial charge in [-0.15, -0.1) is 0 Å². The predicted octanol–water partition coefficient (Wildman–Crippen LogP) is 1.63. The number of thiocarbonyl (C=S) groups is 1. The van der Waals surface area contributed by atoms with Gasteiger partial charge in [-0.3, -0.25) is 5.43 Å². The van der Waals surface area contributed by atoms with Crippen LogP contribution in [0.2, 0.25) is 0 Å². The molecule has 0 spiro atoms. The SMILES string of the molecule is C/C(CCC(C)C)=N/NC(N)=S. The Morgan fingerprint density at radius 3 is 2.58 bits per heavy atom. The van der Waals surface area contributed by atoms with E-state index in [4.69, 9.17) is 5.73 Å². The summed E-state index contributed by atoms with van der Waals surface area (Å²) in [7, 11) is 0. The molecule has 0 aromatic heterocycles. The molecular weight excluding hydrogens is 170 g/mol. The molecule has 0 heterocycles. The standard InChI is InChI=1S/C8H17N3S/c1-6(2)4-5-7(3)10-11-8(9)12/h6H,4-5H2,1-3H3,(H3,9,11,12)/b10-7-. The van der Waals surface area contributed by atoms with Crippen molar-refractivity contribution in [2.24, 2.45) is 16.8 Å². The molecular formula is C8H17N3S. The minimum absolute atomic E-state index is 0.221. The van der Waals surface area contributed by atoms with Gasteiger partial charge in [-0.25, -0.2) is 0 Å². The van der Waals surface area contributed by atoms with E-state index in [1.54, 1.807) is 0 Å². The molecule has 4 heteroatoms. The lowest BCUT2D eigenvalue weighted by Crippen LogP contribution is -2.25. The molecule has 0 unspecified atom stereocenters. The molecule has 0 saturated heterocycles. The van der Waals surface area contributed by atoms with Crippen molar-refractivity contribution < 1.29 is 0 Å². The van der Waals surface area contributed by atoms with Gasteiger partial charge in [0.2, 0.25) is 0 Å². The van der Waals surface area contributed by atoms with Crippen LogP contribution in [-0.4, -0.2) is 10.8 Å². The minimum atomic E-state index is 0.221. The van der Waals surface area contributed by atoms with Gasteiger partial charge in [-0.2, -0.15) is 5.10 Å². The maximum atomic E-state index is 5.21. The molecule has 0 radical (unpaired) electrons. The Labute approximate surface area is 79.4 Å². The Hall–Kier alpha value is -0.640. The number of nitrogens with one attached hydrogen (secondary N) is 1. The van der Waals surface area contributed by atoms with Gasteiger partial charge in [0.25, 0.3) is 0 Å². The zero-order chi connectivity index (χ0) is 9.56. The smallest absolute Gasteiger partial charge is 0.184 e. The van der Waals surface area contributed by atoms with E-state index in [0.717, 1.165) is 18.6 Å². The van der Waals surface area contributed by atoms with Crippen LogP contribution in [-0.2, 0) is 0 Å². The Morgan fingerprint density at radius 1 is 1.58 bits per heavy atom. The summed E-state index contributed by atoms with van der Waals surface area (Å²) in [4.78, 5) is 0. The van der Waals surface area contributed by atoms with Crippen molar-refractivity contribution >= 4 is 23.0 Å². The van der Waals surface area contributed by atoms with Crippen molar-refractivity contribution in [2.75, 3.05) is 0 Å².